The summed E-state index contributed by atoms with van der Waals surface area (Å²) in [6.07, 6.45) is 2.90. The van der Waals surface area contributed by atoms with E-state index in [9.17, 15) is 9.59 Å². The molecule has 0 aliphatic carbocycles. The van der Waals surface area contributed by atoms with Crippen molar-refractivity contribution in [2.45, 2.75) is 0 Å². The molecule has 0 radical (unpaired) electrons. The first-order chi connectivity index (χ1) is 14.5. The number of benzene rings is 2. The SMILES string of the molecule is O=C(COc1ccc(C=NNC(=O)c2cccnc2Cl)cc1Cl)Nc1ccccc1. The van der Waals surface area contributed by atoms with Crippen LogP contribution in [0, 0.1) is 0 Å². The van der Waals surface area contributed by atoms with Gasteiger partial charge in [-0.05, 0) is 48.0 Å². The molecular weight excluding hydrogens is 427 g/mol. The molecule has 0 spiro atoms. The average molecular weight is 443 g/mol. The third kappa shape index (κ3) is 6.04. The van der Waals surface area contributed by atoms with Gasteiger partial charge in [-0.25, -0.2) is 10.4 Å². The maximum atomic E-state index is 12.0. The number of nitrogens with one attached hydrogen (secondary N) is 2. The largest absolute Gasteiger partial charge is 0.482 e. The van der Waals surface area contributed by atoms with Crippen LogP contribution in [0.25, 0.3) is 0 Å². The van der Waals surface area contributed by atoms with Gasteiger partial charge in [-0.3, -0.25) is 9.59 Å². The topological polar surface area (TPSA) is 92.7 Å². The second-order valence-electron chi connectivity index (χ2n) is 5.93. The molecule has 0 aliphatic rings. The van der Waals surface area contributed by atoms with Crippen LogP contribution in [0.2, 0.25) is 10.2 Å². The zero-order chi connectivity index (χ0) is 21.3. The second kappa shape index (κ2) is 10.4. The fourth-order valence-corrected chi connectivity index (χ4v) is 2.81. The number of nitrogens with zero attached hydrogens (tertiary/aromatic N) is 2. The minimum absolute atomic E-state index is 0.0889. The van der Waals surface area contributed by atoms with Crippen molar-refractivity contribution in [1.82, 2.24) is 10.4 Å². The van der Waals surface area contributed by atoms with Gasteiger partial charge in [-0.2, -0.15) is 5.10 Å². The maximum Gasteiger partial charge on any atom is 0.274 e. The molecular formula is C21H16Cl2N4O3. The lowest BCUT2D eigenvalue weighted by Crippen LogP contribution is -2.20. The monoisotopic (exact) mass is 442 g/mol. The summed E-state index contributed by atoms with van der Waals surface area (Å²) < 4.78 is 5.46. The van der Waals surface area contributed by atoms with Crippen molar-refractivity contribution >= 4 is 46.9 Å². The number of carbonyl (C=O) groups is 2. The molecule has 7 nitrogen and oxygen atoms in total. The Kier molecular flexibility index (Phi) is 7.37. The number of carbonyl (C=O) groups excluding carboxylic acids is 2. The van der Waals surface area contributed by atoms with Gasteiger partial charge in [0.05, 0.1) is 16.8 Å². The van der Waals surface area contributed by atoms with E-state index in [1.165, 1.54) is 18.5 Å². The number of amides is 2. The lowest BCUT2D eigenvalue weighted by molar-refractivity contribution is -0.118. The van der Waals surface area contributed by atoms with Gasteiger partial charge in [0.2, 0.25) is 0 Å². The van der Waals surface area contributed by atoms with E-state index >= 15 is 0 Å². The molecule has 2 N–H and O–H groups in total. The zero-order valence-corrected chi connectivity index (χ0v) is 17.0. The molecule has 9 heteroatoms. The van der Waals surface area contributed by atoms with E-state index in [1.807, 2.05) is 18.2 Å². The number of rotatable bonds is 7. The Morgan fingerprint density at radius 2 is 1.87 bits per heavy atom. The summed E-state index contributed by atoms with van der Waals surface area (Å²) in [5.41, 5.74) is 3.88. The summed E-state index contributed by atoms with van der Waals surface area (Å²) in [6.45, 7) is -0.190. The van der Waals surface area contributed by atoms with Gasteiger partial charge in [0.25, 0.3) is 11.8 Å². The lowest BCUT2D eigenvalue weighted by atomic mass is 10.2. The van der Waals surface area contributed by atoms with Gasteiger partial charge in [-0.15, -0.1) is 0 Å². The van der Waals surface area contributed by atoms with Crippen LogP contribution >= 0.6 is 23.2 Å². The van der Waals surface area contributed by atoms with Crippen LogP contribution < -0.4 is 15.5 Å². The zero-order valence-electron chi connectivity index (χ0n) is 15.5. The molecule has 0 saturated carbocycles. The number of anilines is 1. The van der Waals surface area contributed by atoms with Crippen LogP contribution in [-0.4, -0.2) is 29.6 Å². The van der Waals surface area contributed by atoms with E-state index in [0.29, 0.717) is 22.0 Å². The van der Waals surface area contributed by atoms with E-state index in [4.69, 9.17) is 27.9 Å². The van der Waals surface area contributed by atoms with Crippen LogP contribution in [0.4, 0.5) is 5.69 Å². The molecule has 152 valence electrons. The number of ether oxygens (including phenoxy) is 1. The predicted octanol–water partition coefficient (Wildman–Crippen LogP) is 4.17. The van der Waals surface area contributed by atoms with Crippen molar-refractivity contribution in [1.29, 1.82) is 0 Å². The standard InChI is InChI=1S/C21H16Cl2N4O3/c22-17-11-14(12-25-27-21(29)16-7-4-10-24-20(16)23)8-9-18(17)30-13-19(28)26-15-5-2-1-3-6-15/h1-12H,13H2,(H,26,28)(H,27,29). The molecule has 0 aliphatic heterocycles. The van der Waals surface area contributed by atoms with E-state index in [1.54, 1.807) is 36.4 Å². The number of hydrogen-bond donors (Lipinski definition) is 2. The minimum Gasteiger partial charge on any atom is -0.482 e. The third-order valence-electron chi connectivity index (χ3n) is 3.76. The molecule has 30 heavy (non-hydrogen) atoms. The molecule has 3 aromatic rings. The fraction of sp³-hybridized carbons (Fsp3) is 0.0476. The number of pyridine rings is 1. The molecule has 0 bridgehead atoms. The fourth-order valence-electron chi connectivity index (χ4n) is 2.36. The Hall–Kier alpha value is -3.42. The Balaban J connectivity index is 1.53. The number of hydrazone groups is 1. The van der Waals surface area contributed by atoms with Crippen LogP contribution in [0.15, 0.2) is 72.0 Å². The maximum absolute atomic E-state index is 12.0. The average Bonchev–Trinajstić information content (AvgIpc) is 2.74. The van der Waals surface area contributed by atoms with Gasteiger partial charge in [0, 0.05) is 11.9 Å². The summed E-state index contributed by atoms with van der Waals surface area (Å²) >= 11 is 12.1. The first-order valence-corrected chi connectivity index (χ1v) is 9.49. The van der Waals surface area contributed by atoms with Crippen LogP contribution in [0.1, 0.15) is 15.9 Å². The van der Waals surface area contributed by atoms with E-state index < -0.39 is 5.91 Å². The molecule has 2 aromatic carbocycles. The predicted molar refractivity (Wildman–Crippen MR) is 116 cm³/mol. The summed E-state index contributed by atoms with van der Waals surface area (Å²) in [5, 5.41) is 6.98. The van der Waals surface area contributed by atoms with Crippen LogP contribution in [0.5, 0.6) is 5.75 Å². The summed E-state index contributed by atoms with van der Waals surface area (Å²) in [6, 6.07) is 17.1. The number of aromatic nitrogens is 1. The number of hydrogen-bond acceptors (Lipinski definition) is 5. The smallest absolute Gasteiger partial charge is 0.274 e. The molecule has 0 fully saturated rings. The van der Waals surface area contributed by atoms with Gasteiger partial charge in [0.1, 0.15) is 10.9 Å². The quantitative estimate of drug-likeness (QED) is 0.326. The van der Waals surface area contributed by atoms with Crippen molar-refractivity contribution in [3.8, 4) is 5.75 Å². The van der Waals surface area contributed by atoms with Crippen molar-refractivity contribution in [2.75, 3.05) is 11.9 Å². The number of halogens is 2. The third-order valence-corrected chi connectivity index (χ3v) is 4.35. The second-order valence-corrected chi connectivity index (χ2v) is 6.70. The Labute approximate surface area is 182 Å². The molecule has 0 atom stereocenters. The van der Waals surface area contributed by atoms with Gasteiger partial charge >= 0.3 is 0 Å². The molecule has 1 heterocycles. The van der Waals surface area contributed by atoms with Gasteiger partial charge < -0.3 is 10.1 Å². The highest BCUT2D eigenvalue weighted by molar-refractivity contribution is 6.32. The van der Waals surface area contributed by atoms with E-state index in [0.717, 1.165) is 0 Å². The Morgan fingerprint density at radius 3 is 2.60 bits per heavy atom. The van der Waals surface area contributed by atoms with Crippen LogP contribution in [0.3, 0.4) is 0 Å². The molecule has 0 saturated heterocycles. The van der Waals surface area contributed by atoms with Crippen molar-refractivity contribution in [3.63, 3.8) is 0 Å². The highest BCUT2D eigenvalue weighted by Crippen LogP contribution is 2.25. The molecule has 3 rings (SSSR count). The van der Waals surface area contributed by atoms with Gasteiger partial charge in [-0.1, -0.05) is 41.4 Å². The normalized spacial score (nSPS) is 10.6. The highest BCUT2D eigenvalue weighted by atomic mass is 35.5. The number of para-hydroxylation sites is 1. The molecule has 2 amide bonds. The van der Waals surface area contributed by atoms with E-state index in [-0.39, 0.29) is 23.2 Å². The van der Waals surface area contributed by atoms with Crippen molar-refractivity contribution in [3.05, 3.63) is 88.2 Å². The Morgan fingerprint density at radius 1 is 1.07 bits per heavy atom. The van der Waals surface area contributed by atoms with Crippen LogP contribution in [-0.2, 0) is 4.79 Å². The van der Waals surface area contributed by atoms with Crippen molar-refractivity contribution in [2.24, 2.45) is 5.10 Å². The summed E-state index contributed by atoms with van der Waals surface area (Å²) in [5.74, 6) is -0.442. The van der Waals surface area contributed by atoms with E-state index in [2.05, 4.69) is 20.8 Å². The summed E-state index contributed by atoms with van der Waals surface area (Å²) in [4.78, 5) is 27.8. The minimum atomic E-state index is -0.486. The first-order valence-electron chi connectivity index (χ1n) is 8.74. The Bertz CT molecular complexity index is 1070. The van der Waals surface area contributed by atoms with Gasteiger partial charge in [0.15, 0.2) is 6.61 Å². The first kappa shape index (κ1) is 21.3. The lowest BCUT2D eigenvalue weighted by Gasteiger charge is -2.09. The molecule has 0 unspecified atom stereocenters. The highest BCUT2D eigenvalue weighted by Gasteiger charge is 2.10. The summed E-state index contributed by atoms with van der Waals surface area (Å²) in [7, 11) is 0. The molecule has 1 aromatic heterocycles. The van der Waals surface area contributed by atoms with Crippen molar-refractivity contribution < 1.29 is 14.3 Å².